The summed E-state index contributed by atoms with van der Waals surface area (Å²) in [7, 11) is 4.06. The van der Waals surface area contributed by atoms with Crippen molar-refractivity contribution in [1.29, 1.82) is 0 Å². The fourth-order valence-electron chi connectivity index (χ4n) is 6.55. The van der Waals surface area contributed by atoms with Crippen molar-refractivity contribution in [1.82, 2.24) is 14.4 Å². The van der Waals surface area contributed by atoms with E-state index in [1.54, 1.807) is 12.1 Å². The SMILES string of the molecule is CN1CCCC(CN(C)C(=O)Cn2c(-c3ccccc3)c(C3CCCCC3)c3ccc(C(=O)O)cc32)C1.O=C(O)C(F)(F)F. The quantitative estimate of drug-likeness (QED) is 0.315. The standard InChI is InChI=1S/C31H39N3O3.C2HF3O2/c1-32-17-9-10-22(19-32)20-33(2)28(35)21-34-27-18-25(31(36)37)15-16-26(27)29(23-11-5-3-6-12-23)30(34)24-13-7-4-8-14-24;3-2(4,5)1(6)7/h4,7-8,13-16,18,22-23H,3,5-6,9-12,17,19-21H2,1-2H3,(H,36,37);(H,6,7). The second-order valence-electron chi connectivity index (χ2n) is 11.9. The van der Waals surface area contributed by atoms with Gasteiger partial charge < -0.3 is 24.6 Å². The van der Waals surface area contributed by atoms with Crippen LogP contribution in [0.25, 0.3) is 22.2 Å². The second kappa shape index (κ2) is 14.3. The first-order chi connectivity index (χ1) is 20.9. The van der Waals surface area contributed by atoms with Crippen LogP contribution in [-0.4, -0.2) is 82.3 Å². The Labute approximate surface area is 255 Å². The van der Waals surface area contributed by atoms with Gasteiger partial charge in [-0.25, -0.2) is 9.59 Å². The van der Waals surface area contributed by atoms with Crippen LogP contribution in [0.3, 0.4) is 0 Å². The number of carbonyl (C=O) groups is 3. The third kappa shape index (κ3) is 7.99. The van der Waals surface area contributed by atoms with E-state index in [0.717, 1.165) is 61.1 Å². The summed E-state index contributed by atoms with van der Waals surface area (Å²) >= 11 is 0. The Morgan fingerprint density at radius 2 is 1.61 bits per heavy atom. The number of fused-ring (bicyclic) bond motifs is 1. The highest BCUT2D eigenvalue weighted by Gasteiger charge is 2.38. The smallest absolute Gasteiger partial charge is 0.478 e. The molecule has 1 atom stereocenters. The van der Waals surface area contributed by atoms with Gasteiger partial charge >= 0.3 is 18.1 Å². The van der Waals surface area contributed by atoms with Gasteiger partial charge in [0.05, 0.1) is 16.8 Å². The summed E-state index contributed by atoms with van der Waals surface area (Å²) in [6.45, 7) is 3.10. The lowest BCUT2D eigenvalue weighted by Crippen LogP contribution is -2.40. The van der Waals surface area contributed by atoms with Gasteiger partial charge in [0, 0.05) is 25.5 Å². The van der Waals surface area contributed by atoms with E-state index in [2.05, 4.69) is 28.6 Å². The molecule has 1 aliphatic carbocycles. The van der Waals surface area contributed by atoms with Crippen molar-refractivity contribution in [3.63, 3.8) is 0 Å². The predicted molar refractivity (Wildman–Crippen MR) is 162 cm³/mol. The Balaban J connectivity index is 0.000000566. The maximum Gasteiger partial charge on any atom is 0.490 e. The van der Waals surface area contributed by atoms with E-state index in [-0.39, 0.29) is 18.0 Å². The second-order valence-corrected chi connectivity index (χ2v) is 11.9. The van der Waals surface area contributed by atoms with Crippen molar-refractivity contribution in [2.75, 3.05) is 33.7 Å². The minimum absolute atomic E-state index is 0.0678. The lowest BCUT2D eigenvalue weighted by Gasteiger charge is -2.32. The number of hydrogen-bond acceptors (Lipinski definition) is 4. The number of benzene rings is 2. The van der Waals surface area contributed by atoms with E-state index >= 15 is 0 Å². The lowest BCUT2D eigenvalue weighted by atomic mass is 9.82. The van der Waals surface area contributed by atoms with Crippen molar-refractivity contribution >= 4 is 28.7 Å². The van der Waals surface area contributed by atoms with Crippen LogP contribution in [0, 0.1) is 5.92 Å². The van der Waals surface area contributed by atoms with Crippen molar-refractivity contribution in [2.24, 2.45) is 5.92 Å². The fourth-order valence-corrected chi connectivity index (χ4v) is 6.55. The van der Waals surface area contributed by atoms with Crippen LogP contribution in [0.15, 0.2) is 48.5 Å². The summed E-state index contributed by atoms with van der Waals surface area (Å²) in [5.41, 5.74) is 4.54. The van der Waals surface area contributed by atoms with Crippen LogP contribution < -0.4 is 0 Å². The highest BCUT2D eigenvalue weighted by Crippen LogP contribution is 2.44. The monoisotopic (exact) mass is 615 g/mol. The van der Waals surface area contributed by atoms with Gasteiger partial charge in [0.25, 0.3) is 0 Å². The molecule has 2 fully saturated rings. The van der Waals surface area contributed by atoms with E-state index in [1.807, 2.05) is 36.2 Å². The van der Waals surface area contributed by atoms with Gasteiger partial charge in [-0.1, -0.05) is 55.7 Å². The van der Waals surface area contributed by atoms with Gasteiger partial charge in [-0.3, -0.25) is 4.79 Å². The molecule has 0 bridgehead atoms. The van der Waals surface area contributed by atoms with E-state index in [9.17, 15) is 27.9 Å². The van der Waals surface area contributed by atoms with E-state index in [0.29, 0.717) is 11.8 Å². The number of carboxylic acid groups (broad SMARTS) is 2. The summed E-state index contributed by atoms with van der Waals surface area (Å²) in [6, 6.07) is 15.8. The summed E-state index contributed by atoms with van der Waals surface area (Å²) in [4.78, 5) is 38.7. The maximum absolute atomic E-state index is 13.7. The zero-order chi connectivity index (χ0) is 32.0. The Morgan fingerprint density at radius 1 is 0.955 bits per heavy atom. The number of amides is 1. The van der Waals surface area contributed by atoms with Crippen LogP contribution in [0.2, 0.25) is 0 Å². The number of rotatable bonds is 7. The summed E-state index contributed by atoms with van der Waals surface area (Å²) in [5, 5.41) is 18.0. The molecule has 2 N–H and O–H groups in total. The fraction of sp³-hybridized carbons (Fsp3) is 0.485. The zero-order valence-electron chi connectivity index (χ0n) is 25.1. The molecule has 8 nitrogen and oxygen atoms in total. The normalized spacial score (nSPS) is 18.0. The largest absolute Gasteiger partial charge is 0.490 e. The van der Waals surface area contributed by atoms with Crippen molar-refractivity contribution in [3.8, 4) is 11.3 Å². The average Bonchev–Trinajstić information content (AvgIpc) is 3.31. The molecular formula is C33H40F3N3O5. The lowest BCUT2D eigenvalue weighted by molar-refractivity contribution is -0.192. The molecule has 5 rings (SSSR count). The van der Waals surface area contributed by atoms with Gasteiger partial charge in [-0.2, -0.15) is 13.2 Å². The molecular weight excluding hydrogens is 575 g/mol. The van der Waals surface area contributed by atoms with Gasteiger partial charge in [-0.05, 0) is 74.4 Å². The van der Waals surface area contributed by atoms with Crippen LogP contribution in [0.1, 0.15) is 66.8 Å². The first-order valence-electron chi connectivity index (χ1n) is 15.0. The highest BCUT2D eigenvalue weighted by atomic mass is 19.4. The Kier molecular flexibility index (Phi) is 10.7. The molecule has 1 amide bonds. The molecule has 0 spiro atoms. The number of aromatic nitrogens is 1. The van der Waals surface area contributed by atoms with Gasteiger partial charge in [-0.15, -0.1) is 0 Å². The minimum atomic E-state index is -5.08. The number of halogens is 3. The number of likely N-dealkylation sites (N-methyl/N-ethyl adjacent to an activating group) is 1. The van der Waals surface area contributed by atoms with Crippen LogP contribution in [0.4, 0.5) is 13.2 Å². The van der Waals surface area contributed by atoms with Gasteiger partial charge in [0.1, 0.15) is 6.54 Å². The molecule has 1 saturated carbocycles. The molecule has 2 aromatic carbocycles. The maximum atomic E-state index is 13.7. The molecule has 2 heterocycles. The van der Waals surface area contributed by atoms with Gasteiger partial charge in [0.2, 0.25) is 5.91 Å². The first kappa shape index (κ1) is 33.0. The molecule has 1 unspecified atom stereocenters. The Bertz CT molecular complexity index is 1460. The van der Waals surface area contributed by atoms with Crippen molar-refractivity contribution < 1.29 is 37.8 Å². The van der Waals surface area contributed by atoms with Crippen LogP contribution in [0.5, 0.6) is 0 Å². The third-order valence-electron chi connectivity index (χ3n) is 8.63. The minimum Gasteiger partial charge on any atom is -0.478 e. The van der Waals surface area contributed by atoms with Crippen molar-refractivity contribution in [2.45, 2.75) is 63.6 Å². The van der Waals surface area contributed by atoms with Crippen LogP contribution >= 0.6 is 0 Å². The molecule has 11 heteroatoms. The summed E-state index contributed by atoms with van der Waals surface area (Å²) in [6.07, 6.45) is 3.17. The number of alkyl halides is 3. The number of carbonyl (C=O) groups excluding carboxylic acids is 1. The Morgan fingerprint density at radius 3 is 2.20 bits per heavy atom. The number of aromatic carboxylic acids is 1. The molecule has 44 heavy (non-hydrogen) atoms. The summed E-state index contributed by atoms with van der Waals surface area (Å²) < 4.78 is 33.8. The number of hydrogen-bond donors (Lipinski definition) is 2. The number of likely N-dealkylation sites (tertiary alicyclic amines) is 1. The molecule has 3 aromatic rings. The number of aliphatic carboxylic acids is 1. The van der Waals surface area contributed by atoms with Crippen LogP contribution in [-0.2, 0) is 16.1 Å². The number of nitrogens with zero attached hydrogens (tertiary/aromatic N) is 3. The predicted octanol–water partition coefficient (Wildman–Crippen LogP) is 6.49. The van der Waals surface area contributed by atoms with Crippen molar-refractivity contribution in [3.05, 3.63) is 59.7 Å². The molecule has 1 saturated heterocycles. The molecule has 1 aromatic heterocycles. The van der Waals surface area contributed by atoms with E-state index in [1.165, 1.54) is 31.2 Å². The van der Waals surface area contributed by atoms with E-state index in [4.69, 9.17) is 9.90 Å². The molecule has 238 valence electrons. The number of carboxylic acids is 2. The Hall–Kier alpha value is -3.86. The first-order valence-corrected chi connectivity index (χ1v) is 15.0. The average molecular weight is 616 g/mol. The van der Waals surface area contributed by atoms with E-state index < -0.39 is 18.1 Å². The van der Waals surface area contributed by atoms with Gasteiger partial charge in [0.15, 0.2) is 0 Å². The molecule has 0 radical (unpaired) electrons. The zero-order valence-corrected chi connectivity index (χ0v) is 25.1. The molecule has 1 aliphatic heterocycles. The molecule has 2 aliphatic rings. The highest BCUT2D eigenvalue weighted by molar-refractivity contribution is 5.99. The number of piperidine rings is 1. The topological polar surface area (TPSA) is 103 Å². The third-order valence-corrected chi connectivity index (χ3v) is 8.63. The summed E-state index contributed by atoms with van der Waals surface area (Å²) in [5.74, 6) is -2.74.